The van der Waals surface area contributed by atoms with E-state index in [1.54, 1.807) is 11.0 Å². The number of carboxylic acid groups (broad SMARTS) is 1. The van der Waals surface area contributed by atoms with Crippen molar-refractivity contribution in [3.05, 3.63) is 58.1 Å². The molecule has 0 spiro atoms. The lowest BCUT2D eigenvalue weighted by atomic mass is 9.97. The summed E-state index contributed by atoms with van der Waals surface area (Å²) in [6, 6.07) is 6.86. The molecular formula is C28H31ClF5N5O4. The van der Waals surface area contributed by atoms with E-state index in [4.69, 9.17) is 16.7 Å². The number of piperidine rings is 1. The number of hydrogen-bond acceptors (Lipinski definition) is 5. The minimum Gasteiger partial charge on any atom is -0.465 e. The van der Waals surface area contributed by atoms with Crippen LogP contribution in [0.5, 0.6) is 0 Å². The van der Waals surface area contributed by atoms with Crippen molar-refractivity contribution >= 4 is 40.9 Å². The van der Waals surface area contributed by atoms with E-state index < -0.39 is 53.6 Å². The third-order valence-electron chi connectivity index (χ3n) is 7.56. The van der Waals surface area contributed by atoms with Gasteiger partial charge in [0.05, 0.1) is 29.3 Å². The first-order valence-electron chi connectivity index (χ1n) is 13.7. The zero-order valence-electron chi connectivity index (χ0n) is 23.0. The highest BCUT2D eigenvalue weighted by Crippen LogP contribution is 2.31. The minimum atomic E-state index is -4.25. The Morgan fingerprint density at radius 1 is 1.00 bits per heavy atom. The molecule has 2 fully saturated rings. The predicted octanol–water partition coefficient (Wildman–Crippen LogP) is 4.95. The van der Waals surface area contributed by atoms with Crippen LogP contribution in [0.1, 0.15) is 35.2 Å². The molecule has 1 atom stereocenters. The van der Waals surface area contributed by atoms with E-state index in [2.05, 4.69) is 10.6 Å². The Morgan fingerprint density at radius 3 is 2.40 bits per heavy atom. The molecule has 0 saturated carbocycles. The fraction of sp³-hybridized carbons (Fsp3) is 0.464. The Labute approximate surface area is 249 Å². The van der Waals surface area contributed by atoms with Crippen LogP contribution < -0.4 is 15.5 Å². The van der Waals surface area contributed by atoms with Gasteiger partial charge in [0.1, 0.15) is 0 Å². The third kappa shape index (κ3) is 8.47. The Kier molecular flexibility index (Phi) is 10.3. The van der Waals surface area contributed by atoms with Crippen molar-refractivity contribution in [2.24, 2.45) is 5.92 Å². The van der Waals surface area contributed by atoms with Gasteiger partial charge in [-0.05, 0) is 37.1 Å². The molecule has 0 bridgehead atoms. The molecule has 15 heteroatoms. The summed E-state index contributed by atoms with van der Waals surface area (Å²) in [6.07, 6.45) is -5.32. The highest BCUT2D eigenvalue weighted by Gasteiger charge is 2.30. The molecule has 2 saturated heterocycles. The first kappa shape index (κ1) is 32.3. The summed E-state index contributed by atoms with van der Waals surface area (Å²) >= 11 is 6.16. The number of amides is 3. The number of alkyl halides is 3. The maximum Gasteiger partial charge on any atom is 0.407 e. The van der Waals surface area contributed by atoms with Crippen molar-refractivity contribution in [3.63, 3.8) is 0 Å². The second kappa shape index (κ2) is 13.8. The second-order valence-corrected chi connectivity index (χ2v) is 10.9. The second-order valence-electron chi connectivity index (χ2n) is 10.5. The van der Waals surface area contributed by atoms with Crippen LogP contribution in [-0.4, -0.2) is 84.8 Å². The van der Waals surface area contributed by atoms with Gasteiger partial charge in [-0.2, -0.15) is 13.2 Å². The lowest BCUT2D eigenvalue weighted by Crippen LogP contribution is -2.47. The van der Waals surface area contributed by atoms with Crippen LogP contribution in [0.2, 0.25) is 5.02 Å². The van der Waals surface area contributed by atoms with E-state index in [-0.39, 0.29) is 30.9 Å². The fourth-order valence-electron chi connectivity index (χ4n) is 5.15. The molecule has 0 aromatic heterocycles. The first-order valence-corrected chi connectivity index (χ1v) is 14.1. The molecule has 2 aromatic rings. The van der Waals surface area contributed by atoms with Crippen LogP contribution in [0.15, 0.2) is 30.3 Å². The number of carbonyl (C=O) groups excluding carboxylic acids is 2. The smallest absolute Gasteiger partial charge is 0.407 e. The van der Waals surface area contributed by atoms with Crippen LogP contribution in [0.25, 0.3) is 0 Å². The van der Waals surface area contributed by atoms with Crippen LogP contribution >= 0.6 is 11.6 Å². The van der Waals surface area contributed by atoms with E-state index >= 15 is 4.39 Å². The zero-order valence-corrected chi connectivity index (χ0v) is 23.8. The van der Waals surface area contributed by atoms with Crippen LogP contribution in [0.4, 0.5) is 38.1 Å². The van der Waals surface area contributed by atoms with E-state index in [9.17, 15) is 31.9 Å². The molecule has 3 amide bonds. The lowest BCUT2D eigenvalue weighted by Gasteiger charge is -2.37. The summed E-state index contributed by atoms with van der Waals surface area (Å²) in [4.78, 5) is 41.4. The van der Waals surface area contributed by atoms with Gasteiger partial charge in [0.2, 0.25) is 5.91 Å². The number of nitrogens with one attached hydrogen (secondary N) is 2. The van der Waals surface area contributed by atoms with Crippen molar-refractivity contribution < 1.29 is 41.4 Å². The topological polar surface area (TPSA) is 105 Å². The number of anilines is 2. The summed E-state index contributed by atoms with van der Waals surface area (Å²) in [6.45, 7) is 1.28. The number of carbonyl (C=O) groups is 3. The number of piperazine rings is 1. The normalized spacial score (nSPS) is 18.0. The lowest BCUT2D eigenvalue weighted by molar-refractivity contribution is -0.138. The van der Waals surface area contributed by atoms with Gasteiger partial charge >= 0.3 is 12.3 Å². The van der Waals surface area contributed by atoms with Gasteiger partial charge in [-0.3, -0.25) is 14.5 Å². The fourth-order valence-corrected chi connectivity index (χ4v) is 5.32. The minimum absolute atomic E-state index is 0.0115. The SMILES string of the molecule is O=C(Nc1ccc(Cl)cc1N1CCN(CCC(F)(F)F)CC1)c1ccc(CNC(=O)C2CCCN(C(=O)O)C2)c(F)c1F. The highest BCUT2D eigenvalue weighted by molar-refractivity contribution is 6.31. The number of nitrogens with zero attached hydrogens (tertiary/aromatic N) is 3. The molecule has 2 aliphatic rings. The third-order valence-corrected chi connectivity index (χ3v) is 7.79. The van der Waals surface area contributed by atoms with Gasteiger partial charge < -0.3 is 25.5 Å². The van der Waals surface area contributed by atoms with Crippen LogP contribution in [-0.2, 0) is 11.3 Å². The van der Waals surface area contributed by atoms with E-state index in [0.29, 0.717) is 56.3 Å². The molecule has 9 nitrogen and oxygen atoms in total. The Hall–Kier alpha value is -3.65. The number of rotatable bonds is 8. The highest BCUT2D eigenvalue weighted by atomic mass is 35.5. The predicted molar refractivity (Wildman–Crippen MR) is 149 cm³/mol. The zero-order chi connectivity index (χ0) is 31.3. The first-order chi connectivity index (χ1) is 20.3. The maximum atomic E-state index is 15.0. The van der Waals surface area contributed by atoms with Crippen LogP contribution in [0.3, 0.4) is 0 Å². The number of halogens is 6. The van der Waals surface area contributed by atoms with Gasteiger partial charge in [0.15, 0.2) is 11.6 Å². The van der Waals surface area contributed by atoms with Crippen molar-refractivity contribution in [3.8, 4) is 0 Å². The molecule has 2 heterocycles. The summed E-state index contributed by atoms with van der Waals surface area (Å²) in [5.41, 5.74) is -0.0170. The molecule has 2 aromatic carbocycles. The molecule has 4 rings (SSSR count). The quantitative estimate of drug-likeness (QED) is 0.356. The summed E-state index contributed by atoms with van der Waals surface area (Å²) in [7, 11) is 0. The standard InChI is InChI=1S/C28H31ClF5N5O4/c29-19-4-6-21(22(14-19)38-12-10-37(11-13-38)9-7-28(32,33)34)36-26(41)20-5-3-17(23(30)24(20)31)15-35-25(40)18-2-1-8-39(16-18)27(42)43/h3-6,14,18H,1-2,7-13,15-16H2,(H,35,40)(H,36,41)(H,42,43). The summed E-state index contributed by atoms with van der Waals surface area (Å²) in [5.74, 6) is -4.75. The van der Waals surface area contributed by atoms with Crippen molar-refractivity contribution in [2.75, 3.05) is 56.0 Å². The van der Waals surface area contributed by atoms with Gasteiger partial charge in [-0.1, -0.05) is 17.7 Å². The number of benzene rings is 2. The van der Waals surface area contributed by atoms with Crippen molar-refractivity contribution in [1.29, 1.82) is 0 Å². The average Bonchev–Trinajstić information content (AvgIpc) is 2.97. The Bertz CT molecular complexity index is 1350. The molecule has 43 heavy (non-hydrogen) atoms. The molecule has 2 aliphatic heterocycles. The number of hydrogen-bond donors (Lipinski definition) is 3. The summed E-state index contributed by atoms with van der Waals surface area (Å²) < 4.78 is 67.7. The number of likely N-dealkylation sites (tertiary alicyclic amines) is 1. The molecule has 3 N–H and O–H groups in total. The van der Waals surface area contributed by atoms with Crippen molar-refractivity contribution in [1.82, 2.24) is 15.1 Å². The maximum absolute atomic E-state index is 15.0. The van der Waals surface area contributed by atoms with E-state index in [0.717, 1.165) is 11.0 Å². The van der Waals surface area contributed by atoms with Gasteiger partial charge in [-0.15, -0.1) is 0 Å². The summed E-state index contributed by atoms with van der Waals surface area (Å²) in [5, 5.41) is 14.6. The Morgan fingerprint density at radius 2 is 1.72 bits per heavy atom. The monoisotopic (exact) mass is 631 g/mol. The van der Waals surface area contributed by atoms with Gasteiger partial charge in [0.25, 0.3) is 5.91 Å². The largest absolute Gasteiger partial charge is 0.465 e. The van der Waals surface area contributed by atoms with Gasteiger partial charge in [-0.25, -0.2) is 13.6 Å². The molecule has 0 radical (unpaired) electrons. The molecule has 234 valence electrons. The average molecular weight is 632 g/mol. The van der Waals surface area contributed by atoms with E-state index in [1.165, 1.54) is 18.2 Å². The molecular weight excluding hydrogens is 601 g/mol. The Balaban J connectivity index is 1.39. The van der Waals surface area contributed by atoms with Crippen LogP contribution in [0, 0.1) is 17.6 Å². The van der Waals surface area contributed by atoms with E-state index in [1.807, 2.05) is 4.90 Å². The molecule has 1 unspecified atom stereocenters. The molecule has 0 aliphatic carbocycles. The van der Waals surface area contributed by atoms with Gasteiger partial charge in [0, 0.05) is 62.9 Å². The van der Waals surface area contributed by atoms with Crippen molar-refractivity contribution in [2.45, 2.75) is 32.0 Å².